The summed E-state index contributed by atoms with van der Waals surface area (Å²) in [4.78, 5) is 18.7. The maximum atomic E-state index is 12.1. The first-order chi connectivity index (χ1) is 12.2. The zero-order valence-electron chi connectivity index (χ0n) is 16.0. The molecular formula is C19H34N4O2. The van der Waals surface area contributed by atoms with E-state index in [1.54, 1.807) is 0 Å². The number of rotatable bonds is 7. The third kappa shape index (κ3) is 3.37. The van der Waals surface area contributed by atoms with Crippen molar-refractivity contribution < 1.29 is 9.53 Å². The van der Waals surface area contributed by atoms with E-state index >= 15 is 0 Å². The molecule has 0 aromatic rings. The minimum atomic E-state index is 0.188. The smallest absolute Gasteiger partial charge is 0.224 e. The van der Waals surface area contributed by atoms with Crippen molar-refractivity contribution in [1.29, 1.82) is 0 Å². The average Bonchev–Trinajstić information content (AvgIpc) is 2.97. The van der Waals surface area contributed by atoms with Crippen molar-refractivity contribution in [2.45, 2.75) is 65.0 Å². The minimum Gasteiger partial charge on any atom is -0.377 e. The molecule has 1 heterocycles. The Labute approximate surface area is 151 Å². The van der Waals surface area contributed by atoms with E-state index < -0.39 is 0 Å². The standard InChI is InChI=1S/C19H34N4O2/c1-4-20-18(21-12-8-15(24)23(5-2)6-3)22-16-14-9-13-25-17(14)19(16)10-7-11-19/h14,16-17H,4-13H2,1-3H3,(H2,20,21,22). The van der Waals surface area contributed by atoms with Crippen LogP contribution in [0.2, 0.25) is 0 Å². The van der Waals surface area contributed by atoms with E-state index in [4.69, 9.17) is 4.74 Å². The highest BCUT2D eigenvalue weighted by molar-refractivity contribution is 5.81. The predicted molar refractivity (Wildman–Crippen MR) is 99.6 cm³/mol. The van der Waals surface area contributed by atoms with Crippen LogP contribution in [0.3, 0.4) is 0 Å². The van der Waals surface area contributed by atoms with Crippen LogP contribution in [0.1, 0.15) is 52.9 Å². The summed E-state index contributed by atoms with van der Waals surface area (Å²) in [5.74, 6) is 1.67. The van der Waals surface area contributed by atoms with Gasteiger partial charge in [-0.25, -0.2) is 0 Å². The van der Waals surface area contributed by atoms with Gasteiger partial charge in [0.1, 0.15) is 0 Å². The molecule has 1 saturated heterocycles. The molecule has 3 aliphatic rings. The highest BCUT2D eigenvalue weighted by atomic mass is 16.5. The van der Waals surface area contributed by atoms with Crippen LogP contribution in [-0.4, -0.2) is 61.7 Å². The van der Waals surface area contributed by atoms with Crippen LogP contribution in [-0.2, 0) is 9.53 Å². The van der Waals surface area contributed by atoms with Gasteiger partial charge in [0.25, 0.3) is 0 Å². The van der Waals surface area contributed by atoms with Gasteiger partial charge in [0.2, 0.25) is 5.91 Å². The van der Waals surface area contributed by atoms with Gasteiger partial charge in [0, 0.05) is 50.0 Å². The number of hydrogen-bond donors (Lipinski definition) is 2. The first-order valence-corrected chi connectivity index (χ1v) is 10.1. The quantitative estimate of drug-likeness (QED) is 0.542. The highest BCUT2D eigenvalue weighted by Crippen LogP contribution is 2.62. The summed E-state index contributed by atoms with van der Waals surface area (Å²) in [5.41, 5.74) is 0.342. The first kappa shape index (κ1) is 18.5. The van der Waals surface area contributed by atoms with Crippen LogP contribution in [0.5, 0.6) is 0 Å². The van der Waals surface area contributed by atoms with Crippen LogP contribution in [0.15, 0.2) is 4.99 Å². The summed E-state index contributed by atoms with van der Waals surface area (Å²) in [6.07, 6.45) is 5.95. The maximum Gasteiger partial charge on any atom is 0.224 e. The van der Waals surface area contributed by atoms with Crippen LogP contribution in [0.25, 0.3) is 0 Å². The van der Waals surface area contributed by atoms with Crippen molar-refractivity contribution in [2.75, 3.05) is 32.8 Å². The lowest BCUT2D eigenvalue weighted by Gasteiger charge is -2.63. The minimum absolute atomic E-state index is 0.188. The summed E-state index contributed by atoms with van der Waals surface area (Å²) in [6, 6.07) is 0.477. The molecule has 0 radical (unpaired) electrons. The molecule has 25 heavy (non-hydrogen) atoms. The summed E-state index contributed by atoms with van der Waals surface area (Å²) in [6.45, 7) is 9.93. The Hall–Kier alpha value is -1.30. The van der Waals surface area contributed by atoms with E-state index in [-0.39, 0.29) is 5.91 Å². The van der Waals surface area contributed by atoms with Crippen molar-refractivity contribution in [3.63, 3.8) is 0 Å². The van der Waals surface area contributed by atoms with E-state index in [9.17, 15) is 4.79 Å². The summed E-state index contributed by atoms with van der Waals surface area (Å²) in [7, 11) is 0. The Kier molecular flexibility index (Phi) is 5.87. The number of amides is 1. The van der Waals surface area contributed by atoms with Crippen LogP contribution in [0, 0.1) is 11.3 Å². The van der Waals surface area contributed by atoms with Gasteiger partial charge in [-0.1, -0.05) is 6.42 Å². The number of aliphatic imine (C=N–C) groups is 1. The van der Waals surface area contributed by atoms with E-state index in [2.05, 4.69) is 22.5 Å². The molecule has 3 unspecified atom stereocenters. The summed E-state index contributed by atoms with van der Waals surface area (Å²) in [5, 5.41) is 7.04. The van der Waals surface area contributed by atoms with Crippen LogP contribution in [0.4, 0.5) is 0 Å². The van der Waals surface area contributed by atoms with Gasteiger partial charge >= 0.3 is 0 Å². The Bertz CT molecular complexity index is 500. The number of nitrogens with zero attached hydrogens (tertiary/aromatic N) is 2. The Morgan fingerprint density at radius 2 is 2.04 bits per heavy atom. The van der Waals surface area contributed by atoms with E-state index in [1.807, 2.05) is 18.7 Å². The van der Waals surface area contributed by atoms with Gasteiger partial charge in [-0.15, -0.1) is 0 Å². The number of carbonyl (C=O) groups excluding carboxylic acids is 1. The van der Waals surface area contributed by atoms with Crippen molar-refractivity contribution in [1.82, 2.24) is 15.5 Å². The summed E-state index contributed by atoms with van der Waals surface area (Å²) >= 11 is 0. The number of ether oxygens (including phenoxy) is 1. The Morgan fingerprint density at radius 1 is 1.28 bits per heavy atom. The molecule has 3 atom stereocenters. The third-order valence-electron chi connectivity index (χ3n) is 6.38. The van der Waals surface area contributed by atoms with Crippen molar-refractivity contribution >= 4 is 11.9 Å². The fourth-order valence-electron chi connectivity index (χ4n) is 4.92. The fourth-order valence-corrected chi connectivity index (χ4v) is 4.92. The van der Waals surface area contributed by atoms with Crippen molar-refractivity contribution in [2.24, 2.45) is 16.3 Å². The number of guanidine groups is 1. The number of hydrogen-bond acceptors (Lipinski definition) is 3. The Balaban J connectivity index is 1.57. The molecule has 3 rings (SSSR count). The largest absolute Gasteiger partial charge is 0.377 e. The number of fused-ring (bicyclic) bond motifs is 2. The zero-order valence-corrected chi connectivity index (χ0v) is 16.0. The second-order valence-corrected chi connectivity index (χ2v) is 7.53. The van der Waals surface area contributed by atoms with Crippen LogP contribution >= 0.6 is 0 Å². The maximum absolute atomic E-state index is 12.1. The zero-order chi connectivity index (χ0) is 17.9. The fraction of sp³-hybridized carbons (Fsp3) is 0.895. The van der Waals surface area contributed by atoms with Crippen molar-refractivity contribution in [3.8, 4) is 0 Å². The molecule has 1 spiro atoms. The first-order valence-electron chi connectivity index (χ1n) is 10.1. The normalized spacial score (nSPS) is 29.6. The SMILES string of the molecule is CCNC(=NCCC(=O)N(CC)CC)NC1C2CCOC2C12CCC2. The lowest BCUT2D eigenvalue weighted by atomic mass is 9.46. The molecule has 0 aromatic heterocycles. The van der Waals surface area contributed by atoms with Gasteiger partial charge in [0.15, 0.2) is 5.96 Å². The van der Waals surface area contributed by atoms with E-state index in [0.29, 0.717) is 36.4 Å². The lowest BCUT2D eigenvalue weighted by molar-refractivity contribution is -0.171. The van der Waals surface area contributed by atoms with E-state index in [1.165, 1.54) is 19.3 Å². The molecule has 1 amide bonds. The molecule has 0 bridgehead atoms. The number of carbonyl (C=O) groups is 1. The Morgan fingerprint density at radius 3 is 2.64 bits per heavy atom. The van der Waals surface area contributed by atoms with E-state index in [0.717, 1.165) is 38.6 Å². The van der Waals surface area contributed by atoms with Gasteiger partial charge < -0.3 is 20.3 Å². The van der Waals surface area contributed by atoms with Gasteiger partial charge in [0.05, 0.1) is 12.6 Å². The van der Waals surface area contributed by atoms with Gasteiger partial charge in [-0.3, -0.25) is 9.79 Å². The molecule has 2 N–H and O–H groups in total. The molecule has 142 valence electrons. The lowest BCUT2D eigenvalue weighted by Crippen LogP contribution is -2.72. The summed E-state index contributed by atoms with van der Waals surface area (Å²) < 4.78 is 5.99. The number of nitrogens with one attached hydrogen (secondary N) is 2. The second-order valence-electron chi connectivity index (χ2n) is 7.53. The molecule has 0 aromatic carbocycles. The molecular weight excluding hydrogens is 316 g/mol. The molecule has 6 heteroatoms. The highest BCUT2D eigenvalue weighted by Gasteiger charge is 2.66. The molecule has 1 aliphatic heterocycles. The van der Waals surface area contributed by atoms with Crippen LogP contribution < -0.4 is 10.6 Å². The second kappa shape index (κ2) is 7.94. The third-order valence-corrected chi connectivity index (χ3v) is 6.38. The van der Waals surface area contributed by atoms with Gasteiger partial charge in [-0.05, 0) is 40.0 Å². The topological polar surface area (TPSA) is 66.0 Å². The average molecular weight is 351 g/mol. The molecule has 2 aliphatic carbocycles. The predicted octanol–water partition coefficient (Wildman–Crippen LogP) is 1.76. The molecule has 2 saturated carbocycles. The van der Waals surface area contributed by atoms with Crippen molar-refractivity contribution in [3.05, 3.63) is 0 Å². The molecule has 3 fully saturated rings. The molecule has 6 nitrogen and oxygen atoms in total. The monoisotopic (exact) mass is 350 g/mol. The van der Waals surface area contributed by atoms with Gasteiger partial charge in [-0.2, -0.15) is 0 Å².